The number of carbonyl (C=O) groups is 1. The fraction of sp³-hybridized carbons (Fsp3) is 0.438. The highest BCUT2D eigenvalue weighted by atomic mass is 19.1. The van der Waals surface area contributed by atoms with Crippen LogP contribution in [0.2, 0.25) is 0 Å². The molecule has 2 rings (SSSR count). The van der Waals surface area contributed by atoms with Crippen LogP contribution in [0.15, 0.2) is 28.7 Å². The molecule has 0 bridgehead atoms. The summed E-state index contributed by atoms with van der Waals surface area (Å²) in [6, 6.07) is 5.89. The number of ketones is 1. The molecule has 0 atom stereocenters. The van der Waals surface area contributed by atoms with Gasteiger partial charge in [0.25, 0.3) is 0 Å². The Bertz CT molecular complexity index is 626. The summed E-state index contributed by atoms with van der Waals surface area (Å²) >= 11 is 0. The fourth-order valence-electron chi connectivity index (χ4n) is 2.76. The summed E-state index contributed by atoms with van der Waals surface area (Å²) in [4.78, 5) is 14.7. The SMILES string of the molecule is CCC(CC)(C(=O)c1cc2cc(F)ccc2o1)N(C)C. The minimum absolute atomic E-state index is 0.0518. The van der Waals surface area contributed by atoms with Crippen molar-refractivity contribution in [3.8, 4) is 0 Å². The maximum Gasteiger partial charge on any atom is 0.218 e. The third kappa shape index (κ3) is 2.24. The van der Waals surface area contributed by atoms with E-state index in [2.05, 4.69) is 0 Å². The Morgan fingerprint density at radius 1 is 1.25 bits per heavy atom. The minimum Gasteiger partial charge on any atom is -0.453 e. The minimum atomic E-state index is -0.577. The first kappa shape index (κ1) is 14.7. The molecule has 0 aliphatic carbocycles. The second-order valence-electron chi connectivity index (χ2n) is 5.26. The Labute approximate surface area is 118 Å². The molecule has 0 spiro atoms. The number of furan rings is 1. The number of carbonyl (C=O) groups excluding carboxylic acids is 1. The third-order valence-electron chi connectivity index (χ3n) is 4.15. The lowest BCUT2D eigenvalue weighted by Gasteiger charge is -2.36. The Morgan fingerprint density at radius 3 is 2.45 bits per heavy atom. The molecule has 0 N–H and O–H groups in total. The van der Waals surface area contributed by atoms with Crippen molar-refractivity contribution >= 4 is 16.8 Å². The van der Waals surface area contributed by atoms with Gasteiger partial charge in [-0.05, 0) is 51.2 Å². The summed E-state index contributed by atoms with van der Waals surface area (Å²) in [5.41, 5.74) is -0.0403. The van der Waals surface area contributed by atoms with Gasteiger partial charge in [-0.15, -0.1) is 0 Å². The number of hydrogen-bond acceptors (Lipinski definition) is 3. The molecule has 0 amide bonds. The van der Waals surface area contributed by atoms with Crippen LogP contribution in [-0.4, -0.2) is 30.3 Å². The highest BCUT2D eigenvalue weighted by Gasteiger charge is 2.39. The molecule has 0 radical (unpaired) electrons. The lowest BCUT2D eigenvalue weighted by Crippen LogP contribution is -2.50. The van der Waals surface area contributed by atoms with Gasteiger partial charge in [-0.3, -0.25) is 9.69 Å². The van der Waals surface area contributed by atoms with Crippen molar-refractivity contribution in [2.75, 3.05) is 14.1 Å². The molecule has 0 unspecified atom stereocenters. The van der Waals surface area contributed by atoms with Crippen LogP contribution < -0.4 is 0 Å². The van der Waals surface area contributed by atoms with E-state index in [4.69, 9.17) is 4.42 Å². The number of hydrogen-bond donors (Lipinski definition) is 0. The summed E-state index contributed by atoms with van der Waals surface area (Å²) in [7, 11) is 3.79. The zero-order chi connectivity index (χ0) is 14.9. The zero-order valence-electron chi connectivity index (χ0n) is 12.4. The van der Waals surface area contributed by atoms with Crippen LogP contribution in [-0.2, 0) is 0 Å². The summed E-state index contributed by atoms with van der Waals surface area (Å²) in [6.07, 6.45) is 1.39. The number of rotatable bonds is 5. The van der Waals surface area contributed by atoms with E-state index in [1.54, 1.807) is 12.1 Å². The topological polar surface area (TPSA) is 33.5 Å². The third-order valence-corrected chi connectivity index (χ3v) is 4.15. The van der Waals surface area contributed by atoms with E-state index in [-0.39, 0.29) is 11.6 Å². The van der Waals surface area contributed by atoms with Crippen molar-refractivity contribution in [1.82, 2.24) is 4.90 Å². The van der Waals surface area contributed by atoms with E-state index in [0.717, 1.165) is 0 Å². The van der Waals surface area contributed by atoms with Crippen molar-refractivity contribution < 1.29 is 13.6 Å². The Hall–Kier alpha value is -1.68. The van der Waals surface area contributed by atoms with Crippen molar-refractivity contribution in [2.45, 2.75) is 32.2 Å². The average Bonchev–Trinajstić information content (AvgIpc) is 2.83. The zero-order valence-corrected chi connectivity index (χ0v) is 12.4. The van der Waals surface area contributed by atoms with Gasteiger partial charge in [-0.2, -0.15) is 0 Å². The van der Waals surface area contributed by atoms with E-state index in [1.165, 1.54) is 12.1 Å². The van der Waals surface area contributed by atoms with Crippen LogP contribution in [0.3, 0.4) is 0 Å². The van der Waals surface area contributed by atoms with Gasteiger partial charge >= 0.3 is 0 Å². The lowest BCUT2D eigenvalue weighted by atomic mass is 9.85. The molecule has 1 aromatic carbocycles. The molecular formula is C16H20FNO2. The first-order valence-corrected chi connectivity index (χ1v) is 6.86. The number of fused-ring (bicyclic) bond motifs is 1. The Kier molecular flexibility index (Phi) is 3.95. The first-order chi connectivity index (χ1) is 9.44. The lowest BCUT2D eigenvalue weighted by molar-refractivity contribution is 0.0628. The summed E-state index contributed by atoms with van der Waals surface area (Å²) < 4.78 is 18.8. The van der Waals surface area contributed by atoms with Gasteiger partial charge in [-0.25, -0.2) is 4.39 Å². The van der Waals surface area contributed by atoms with E-state index in [0.29, 0.717) is 29.6 Å². The average molecular weight is 277 g/mol. The van der Waals surface area contributed by atoms with Crippen LogP contribution in [0.4, 0.5) is 4.39 Å². The van der Waals surface area contributed by atoms with Crippen molar-refractivity contribution in [3.63, 3.8) is 0 Å². The number of benzene rings is 1. The molecular weight excluding hydrogens is 257 g/mol. The Morgan fingerprint density at radius 2 is 1.90 bits per heavy atom. The summed E-state index contributed by atoms with van der Waals surface area (Å²) in [6.45, 7) is 3.98. The van der Waals surface area contributed by atoms with Gasteiger partial charge in [0.15, 0.2) is 5.76 Å². The van der Waals surface area contributed by atoms with E-state index in [1.807, 2.05) is 32.8 Å². The van der Waals surface area contributed by atoms with Gasteiger partial charge in [-0.1, -0.05) is 13.8 Å². The van der Waals surface area contributed by atoms with Crippen molar-refractivity contribution in [2.24, 2.45) is 0 Å². The molecule has 2 aromatic rings. The smallest absolute Gasteiger partial charge is 0.218 e. The second kappa shape index (κ2) is 5.37. The van der Waals surface area contributed by atoms with Crippen molar-refractivity contribution in [3.05, 3.63) is 35.8 Å². The van der Waals surface area contributed by atoms with Gasteiger partial charge in [0.05, 0.1) is 5.54 Å². The highest BCUT2D eigenvalue weighted by Crippen LogP contribution is 2.29. The number of likely N-dealkylation sites (N-methyl/N-ethyl adjacent to an activating group) is 1. The fourth-order valence-corrected chi connectivity index (χ4v) is 2.76. The molecule has 0 fully saturated rings. The van der Waals surface area contributed by atoms with Crippen LogP contribution in [0.5, 0.6) is 0 Å². The van der Waals surface area contributed by atoms with Crippen LogP contribution in [0, 0.1) is 5.82 Å². The largest absolute Gasteiger partial charge is 0.453 e. The molecule has 1 heterocycles. The summed E-state index contributed by atoms with van der Waals surface area (Å²) in [5.74, 6) is -0.0886. The molecule has 108 valence electrons. The maximum absolute atomic E-state index is 13.2. The highest BCUT2D eigenvalue weighted by molar-refractivity contribution is 6.03. The number of Topliss-reactive ketones (excluding diaryl/α,β-unsaturated/α-hetero) is 1. The predicted molar refractivity (Wildman–Crippen MR) is 77.5 cm³/mol. The van der Waals surface area contributed by atoms with E-state index >= 15 is 0 Å². The normalized spacial score (nSPS) is 12.3. The molecule has 20 heavy (non-hydrogen) atoms. The Balaban J connectivity index is 2.49. The van der Waals surface area contributed by atoms with Crippen molar-refractivity contribution in [1.29, 1.82) is 0 Å². The molecule has 0 aliphatic heterocycles. The quantitative estimate of drug-likeness (QED) is 0.778. The predicted octanol–water partition coefficient (Wildman–Crippen LogP) is 3.88. The molecule has 0 aliphatic rings. The summed E-state index contributed by atoms with van der Waals surface area (Å²) in [5, 5.41) is 0.619. The maximum atomic E-state index is 13.2. The van der Waals surface area contributed by atoms with Gasteiger partial charge in [0, 0.05) is 5.39 Å². The van der Waals surface area contributed by atoms with Crippen LogP contribution in [0.1, 0.15) is 37.2 Å². The first-order valence-electron chi connectivity index (χ1n) is 6.86. The molecule has 0 saturated carbocycles. The van der Waals surface area contributed by atoms with E-state index in [9.17, 15) is 9.18 Å². The monoisotopic (exact) mass is 277 g/mol. The number of nitrogens with zero attached hydrogens (tertiary/aromatic N) is 1. The molecule has 3 nitrogen and oxygen atoms in total. The molecule has 0 saturated heterocycles. The molecule has 4 heteroatoms. The van der Waals surface area contributed by atoms with Gasteiger partial charge in [0.1, 0.15) is 11.4 Å². The van der Waals surface area contributed by atoms with E-state index < -0.39 is 5.54 Å². The standard InChI is InChI=1S/C16H20FNO2/c1-5-16(6-2,18(3)4)15(19)14-10-11-9-12(17)7-8-13(11)20-14/h7-10H,5-6H2,1-4H3. The second-order valence-corrected chi connectivity index (χ2v) is 5.26. The molecule has 1 aromatic heterocycles. The van der Waals surface area contributed by atoms with Gasteiger partial charge < -0.3 is 4.42 Å². The number of halogens is 1. The van der Waals surface area contributed by atoms with Gasteiger partial charge in [0.2, 0.25) is 5.78 Å². The van der Waals surface area contributed by atoms with Crippen LogP contribution in [0.25, 0.3) is 11.0 Å². The van der Waals surface area contributed by atoms with Crippen LogP contribution >= 0.6 is 0 Å².